The molecule has 4 rings (SSSR count). The zero-order valence-corrected chi connectivity index (χ0v) is 12.1. The number of hydrogen-bond acceptors (Lipinski definition) is 3. The monoisotopic (exact) mass is 309 g/mol. The molecule has 0 N–H and O–H groups in total. The number of halogens is 2. The average Bonchev–Trinajstić information content (AvgIpc) is 3.03. The maximum absolute atomic E-state index is 13.3. The zero-order valence-electron chi connectivity index (χ0n) is 11.3. The molecule has 110 valence electrons. The molecular formula is C15H13ClFNO3. The van der Waals surface area contributed by atoms with E-state index in [0.29, 0.717) is 5.69 Å². The van der Waals surface area contributed by atoms with E-state index in [1.165, 1.54) is 18.2 Å². The third-order valence-electron chi connectivity index (χ3n) is 4.92. The van der Waals surface area contributed by atoms with Gasteiger partial charge in [-0.1, -0.05) is 11.6 Å². The van der Waals surface area contributed by atoms with E-state index in [-0.39, 0.29) is 22.9 Å². The number of carbonyl (C=O) groups excluding carboxylic acids is 2. The fourth-order valence-electron chi connectivity index (χ4n) is 3.96. The predicted molar refractivity (Wildman–Crippen MR) is 73.4 cm³/mol. The van der Waals surface area contributed by atoms with Crippen LogP contribution in [0.15, 0.2) is 18.2 Å². The Morgan fingerprint density at radius 2 is 2.14 bits per heavy atom. The van der Waals surface area contributed by atoms with Gasteiger partial charge in [-0.15, -0.1) is 0 Å². The van der Waals surface area contributed by atoms with Crippen molar-refractivity contribution in [1.82, 2.24) is 0 Å². The lowest BCUT2D eigenvalue weighted by Gasteiger charge is -2.26. The minimum atomic E-state index is -0.574. The van der Waals surface area contributed by atoms with Crippen LogP contribution in [0, 0.1) is 17.7 Å². The van der Waals surface area contributed by atoms with Crippen LogP contribution in [0.25, 0.3) is 0 Å². The molecule has 3 saturated heterocycles. The quantitative estimate of drug-likeness (QED) is 0.749. The average molecular weight is 310 g/mol. The van der Waals surface area contributed by atoms with Gasteiger partial charge in [0.15, 0.2) is 0 Å². The Bertz CT molecular complexity index is 679. The fraction of sp³-hybridized carbons (Fsp3) is 0.467. The Labute approximate surface area is 125 Å². The molecule has 21 heavy (non-hydrogen) atoms. The molecule has 0 radical (unpaired) electrons. The van der Waals surface area contributed by atoms with Crippen molar-refractivity contribution < 1.29 is 18.7 Å². The van der Waals surface area contributed by atoms with Crippen molar-refractivity contribution in [3.8, 4) is 0 Å². The van der Waals surface area contributed by atoms with Crippen molar-refractivity contribution in [3.05, 3.63) is 29.0 Å². The number of anilines is 1. The summed E-state index contributed by atoms with van der Waals surface area (Å²) >= 11 is 5.76. The number of amides is 2. The summed E-state index contributed by atoms with van der Waals surface area (Å²) in [6, 6.07) is 3.89. The van der Waals surface area contributed by atoms with Gasteiger partial charge in [-0.2, -0.15) is 0 Å². The van der Waals surface area contributed by atoms with Crippen molar-refractivity contribution >= 4 is 29.1 Å². The molecule has 0 spiro atoms. The minimum absolute atomic E-state index is 0.101. The summed E-state index contributed by atoms with van der Waals surface area (Å²) in [4.78, 5) is 26.4. The lowest BCUT2D eigenvalue weighted by atomic mass is 9.74. The first-order valence-corrected chi connectivity index (χ1v) is 7.31. The number of rotatable bonds is 1. The van der Waals surface area contributed by atoms with Gasteiger partial charge in [0.05, 0.1) is 34.3 Å². The number of imide groups is 1. The van der Waals surface area contributed by atoms with Crippen LogP contribution >= 0.6 is 11.6 Å². The van der Waals surface area contributed by atoms with Gasteiger partial charge < -0.3 is 4.74 Å². The molecule has 3 fully saturated rings. The van der Waals surface area contributed by atoms with Crippen molar-refractivity contribution in [2.75, 3.05) is 4.90 Å². The molecule has 2 amide bonds. The van der Waals surface area contributed by atoms with E-state index >= 15 is 0 Å². The van der Waals surface area contributed by atoms with Crippen LogP contribution in [-0.4, -0.2) is 23.5 Å². The van der Waals surface area contributed by atoms with Crippen molar-refractivity contribution in [1.29, 1.82) is 0 Å². The van der Waals surface area contributed by atoms with Gasteiger partial charge in [-0.25, -0.2) is 9.29 Å². The zero-order chi connectivity index (χ0) is 14.9. The largest absolute Gasteiger partial charge is 0.370 e. The number of nitrogens with zero attached hydrogens (tertiary/aromatic N) is 1. The highest BCUT2D eigenvalue weighted by atomic mass is 35.5. The molecule has 2 bridgehead atoms. The molecule has 1 aromatic carbocycles. The molecule has 2 unspecified atom stereocenters. The van der Waals surface area contributed by atoms with E-state index < -0.39 is 23.3 Å². The van der Waals surface area contributed by atoms with Crippen LogP contribution in [0.3, 0.4) is 0 Å². The molecule has 0 saturated carbocycles. The first-order valence-electron chi connectivity index (χ1n) is 6.93. The highest BCUT2D eigenvalue weighted by Crippen LogP contribution is 2.55. The van der Waals surface area contributed by atoms with Crippen LogP contribution < -0.4 is 4.90 Å². The molecule has 4 nitrogen and oxygen atoms in total. The third-order valence-corrected chi connectivity index (χ3v) is 5.21. The standard InChI is InChI=1S/C15H13ClFNO3/c1-15-5-4-10(21-15)11-12(15)14(20)18(13(11)19)7-2-3-9(17)8(16)6-7/h2-3,6,10-12H,4-5H2,1H3/t10?,11-,12+,15?/m1/s1. The van der Waals surface area contributed by atoms with Crippen molar-refractivity contribution in [2.24, 2.45) is 11.8 Å². The highest BCUT2D eigenvalue weighted by Gasteiger charge is 2.67. The third kappa shape index (κ3) is 1.59. The second-order valence-corrected chi connectivity index (χ2v) is 6.53. The Hall–Kier alpha value is -1.46. The minimum Gasteiger partial charge on any atom is -0.370 e. The van der Waals surface area contributed by atoms with Crippen molar-refractivity contribution in [3.63, 3.8) is 0 Å². The molecule has 3 aliphatic heterocycles. The number of fused-ring (bicyclic) bond motifs is 5. The number of hydrogen-bond donors (Lipinski definition) is 0. The number of benzene rings is 1. The molecule has 3 heterocycles. The van der Waals surface area contributed by atoms with Gasteiger partial charge in [0.2, 0.25) is 11.8 Å². The maximum atomic E-state index is 13.3. The van der Waals surface area contributed by atoms with Gasteiger partial charge in [0, 0.05) is 0 Å². The van der Waals surface area contributed by atoms with Gasteiger partial charge in [0.25, 0.3) is 0 Å². The Morgan fingerprint density at radius 1 is 1.38 bits per heavy atom. The summed E-state index contributed by atoms with van der Waals surface area (Å²) in [5.74, 6) is -1.96. The number of ether oxygens (including phenoxy) is 1. The molecule has 1 aromatic rings. The maximum Gasteiger partial charge on any atom is 0.240 e. The van der Waals surface area contributed by atoms with Gasteiger partial charge >= 0.3 is 0 Å². The highest BCUT2D eigenvalue weighted by molar-refractivity contribution is 6.31. The summed E-state index contributed by atoms with van der Waals surface area (Å²) in [6.07, 6.45) is 1.40. The molecule has 3 aliphatic rings. The summed E-state index contributed by atoms with van der Waals surface area (Å²) < 4.78 is 19.1. The predicted octanol–water partition coefficient (Wildman–Crippen LogP) is 2.54. The first-order chi connectivity index (χ1) is 9.92. The summed E-state index contributed by atoms with van der Waals surface area (Å²) in [6.45, 7) is 1.89. The van der Waals surface area contributed by atoms with Crippen molar-refractivity contribution in [2.45, 2.75) is 31.5 Å². The summed E-state index contributed by atoms with van der Waals surface area (Å²) in [5.41, 5.74) is -0.227. The second-order valence-electron chi connectivity index (χ2n) is 6.12. The topological polar surface area (TPSA) is 46.6 Å². The molecule has 0 aromatic heterocycles. The van der Waals surface area contributed by atoms with E-state index in [9.17, 15) is 14.0 Å². The first kappa shape index (κ1) is 13.2. The summed E-state index contributed by atoms with van der Waals surface area (Å²) in [5, 5.41) is -0.101. The van der Waals surface area contributed by atoms with E-state index in [2.05, 4.69) is 0 Å². The fourth-order valence-corrected chi connectivity index (χ4v) is 4.14. The summed E-state index contributed by atoms with van der Waals surface area (Å²) in [7, 11) is 0. The van der Waals surface area contributed by atoms with Gasteiger partial charge in [-0.05, 0) is 38.0 Å². The lowest BCUT2D eigenvalue weighted by molar-refractivity contribution is -0.126. The van der Waals surface area contributed by atoms with Crippen LogP contribution in [0.4, 0.5) is 10.1 Å². The molecule has 0 aliphatic carbocycles. The molecule has 6 heteroatoms. The van der Waals surface area contributed by atoms with Crippen LogP contribution in [0.2, 0.25) is 5.02 Å². The molecule has 4 atom stereocenters. The van der Waals surface area contributed by atoms with E-state index in [4.69, 9.17) is 16.3 Å². The SMILES string of the molecule is CC12CCC(O1)[C@H]1C(=O)N(c3ccc(F)c(Cl)c3)C(=O)[C@H]12. The normalized spacial score (nSPS) is 37.5. The van der Waals surface area contributed by atoms with Crippen LogP contribution in [0.5, 0.6) is 0 Å². The van der Waals surface area contributed by atoms with Gasteiger partial charge in [0.1, 0.15) is 5.82 Å². The molecular weight excluding hydrogens is 297 g/mol. The second kappa shape index (κ2) is 4.05. The Balaban J connectivity index is 1.77. The smallest absolute Gasteiger partial charge is 0.240 e. The Morgan fingerprint density at radius 3 is 2.81 bits per heavy atom. The van der Waals surface area contributed by atoms with Gasteiger partial charge in [-0.3, -0.25) is 9.59 Å². The van der Waals surface area contributed by atoms with E-state index in [0.717, 1.165) is 17.7 Å². The van der Waals surface area contributed by atoms with Crippen LogP contribution in [0.1, 0.15) is 19.8 Å². The lowest BCUT2D eigenvalue weighted by Crippen LogP contribution is -2.39. The number of carbonyl (C=O) groups is 2. The van der Waals surface area contributed by atoms with E-state index in [1.54, 1.807) is 0 Å². The van der Waals surface area contributed by atoms with E-state index in [1.807, 2.05) is 6.92 Å². The Kier molecular flexibility index (Phi) is 2.55. The van der Waals surface area contributed by atoms with Crippen LogP contribution in [-0.2, 0) is 14.3 Å².